The summed E-state index contributed by atoms with van der Waals surface area (Å²) >= 11 is 1.48. The summed E-state index contributed by atoms with van der Waals surface area (Å²) in [4.78, 5) is 3.84. The molecule has 0 amide bonds. The smallest absolute Gasteiger partial charge is 0.205 e. The van der Waals surface area contributed by atoms with Gasteiger partial charge in [-0.3, -0.25) is 4.68 Å². The first kappa shape index (κ1) is 8.11. The van der Waals surface area contributed by atoms with Crippen LogP contribution in [-0.4, -0.2) is 31.5 Å². The molecule has 13 heavy (non-hydrogen) atoms. The van der Waals surface area contributed by atoms with Crippen molar-refractivity contribution in [1.29, 1.82) is 0 Å². The van der Waals surface area contributed by atoms with E-state index in [-0.39, 0.29) is 0 Å². The first-order valence-electron chi connectivity index (χ1n) is 3.77. The normalized spacial score (nSPS) is 10.2. The second-order valence-corrected chi connectivity index (χ2v) is 3.16. The average Bonchev–Trinajstić information content (AvgIpc) is 2.75. The summed E-state index contributed by atoms with van der Waals surface area (Å²) in [6.45, 7) is 1.55. The van der Waals surface area contributed by atoms with Crippen LogP contribution >= 0.6 is 11.3 Å². The Morgan fingerprint density at radius 3 is 3.23 bits per heavy atom. The maximum Gasteiger partial charge on any atom is 0.205 e. The molecule has 0 unspecified atom stereocenters. The Bertz CT molecular complexity index is 294. The summed E-state index contributed by atoms with van der Waals surface area (Å²) in [5, 5.41) is 15.5. The van der Waals surface area contributed by atoms with Crippen LogP contribution in [-0.2, 0) is 6.54 Å². The van der Waals surface area contributed by atoms with Crippen LogP contribution in [0, 0.1) is 0 Å². The number of nitrogens with zero attached hydrogens (tertiary/aromatic N) is 5. The molecule has 1 N–H and O–H groups in total. The van der Waals surface area contributed by atoms with E-state index in [9.17, 15) is 0 Å². The fourth-order valence-corrected chi connectivity index (χ4v) is 1.35. The van der Waals surface area contributed by atoms with E-state index in [2.05, 4.69) is 25.6 Å². The van der Waals surface area contributed by atoms with Gasteiger partial charge in [-0.05, 0) is 0 Å². The highest BCUT2D eigenvalue weighted by Gasteiger charge is 1.94. The van der Waals surface area contributed by atoms with Crippen LogP contribution in [0.4, 0.5) is 5.13 Å². The lowest BCUT2D eigenvalue weighted by Gasteiger charge is -2.00. The summed E-state index contributed by atoms with van der Waals surface area (Å²) in [7, 11) is 0. The van der Waals surface area contributed by atoms with Crippen molar-refractivity contribution < 1.29 is 0 Å². The molecule has 2 aromatic rings. The van der Waals surface area contributed by atoms with Crippen molar-refractivity contribution in [2.75, 3.05) is 11.9 Å². The molecule has 0 aliphatic heterocycles. The lowest BCUT2D eigenvalue weighted by atomic mass is 10.6. The molecule has 68 valence electrons. The Balaban J connectivity index is 1.76. The van der Waals surface area contributed by atoms with Gasteiger partial charge in [0, 0.05) is 6.54 Å². The standard InChI is InChI=1S/C6H8N6S/c1(2-12-4-7-3-10-12)8-6-11-9-5-13-6/h3-5H,1-2H2,(H,8,11). The van der Waals surface area contributed by atoms with Crippen molar-refractivity contribution in [3.05, 3.63) is 18.2 Å². The number of rotatable bonds is 4. The third kappa shape index (κ3) is 2.22. The zero-order valence-electron chi connectivity index (χ0n) is 6.79. The molecule has 0 spiro atoms. The minimum absolute atomic E-state index is 0.776. The van der Waals surface area contributed by atoms with Crippen molar-refractivity contribution in [2.45, 2.75) is 6.54 Å². The number of hydrogen-bond acceptors (Lipinski definition) is 6. The van der Waals surface area contributed by atoms with E-state index in [0.29, 0.717) is 0 Å². The third-order valence-electron chi connectivity index (χ3n) is 1.44. The molecule has 0 atom stereocenters. The maximum atomic E-state index is 3.97. The fraction of sp³-hybridized carbons (Fsp3) is 0.333. The minimum atomic E-state index is 0.776. The average molecular weight is 196 g/mol. The molecule has 6 nitrogen and oxygen atoms in total. The lowest BCUT2D eigenvalue weighted by Crippen LogP contribution is -2.10. The summed E-state index contributed by atoms with van der Waals surface area (Å²) in [5.41, 5.74) is 1.69. The topological polar surface area (TPSA) is 68.5 Å². The monoisotopic (exact) mass is 196 g/mol. The lowest BCUT2D eigenvalue weighted by molar-refractivity contribution is 0.635. The number of aromatic nitrogens is 5. The molecule has 0 fully saturated rings. The second kappa shape index (κ2) is 3.94. The number of nitrogens with one attached hydrogen (secondary N) is 1. The van der Waals surface area contributed by atoms with Gasteiger partial charge >= 0.3 is 0 Å². The van der Waals surface area contributed by atoms with Gasteiger partial charge in [0.2, 0.25) is 5.13 Å². The van der Waals surface area contributed by atoms with E-state index in [1.54, 1.807) is 16.5 Å². The molecule has 0 saturated heterocycles. The van der Waals surface area contributed by atoms with Gasteiger partial charge in [0.15, 0.2) is 0 Å². The SMILES string of the molecule is c1ncn(CCNc2nncs2)n1. The van der Waals surface area contributed by atoms with Crippen molar-refractivity contribution in [3.63, 3.8) is 0 Å². The van der Waals surface area contributed by atoms with Gasteiger partial charge in [0.25, 0.3) is 0 Å². The van der Waals surface area contributed by atoms with Crippen LogP contribution in [0.5, 0.6) is 0 Å². The summed E-state index contributed by atoms with van der Waals surface area (Å²) in [6.07, 6.45) is 3.20. The quantitative estimate of drug-likeness (QED) is 0.758. The van der Waals surface area contributed by atoms with Crippen LogP contribution in [0.15, 0.2) is 18.2 Å². The van der Waals surface area contributed by atoms with Crippen molar-refractivity contribution >= 4 is 16.5 Å². The Kier molecular flexibility index (Phi) is 2.46. The highest BCUT2D eigenvalue weighted by Crippen LogP contribution is 2.06. The Morgan fingerprint density at radius 1 is 1.54 bits per heavy atom. The molecule has 0 bridgehead atoms. The van der Waals surface area contributed by atoms with Crippen LogP contribution in [0.3, 0.4) is 0 Å². The molecule has 0 aliphatic carbocycles. The Morgan fingerprint density at radius 2 is 2.54 bits per heavy atom. The molecular weight excluding hydrogens is 188 g/mol. The van der Waals surface area contributed by atoms with E-state index in [4.69, 9.17) is 0 Å². The first-order chi connectivity index (χ1) is 6.45. The Hall–Kier alpha value is -1.50. The third-order valence-corrected chi connectivity index (χ3v) is 2.09. The van der Waals surface area contributed by atoms with E-state index < -0.39 is 0 Å². The van der Waals surface area contributed by atoms with Crippen LogP contribution in [0.25, 0.3) is 0 Å². The predicted octanol–water partition coefficient (Wildman–Crippen LogP) is 0.242. The Labute approximate surface area is 78.6 Å². The maximum absolute atomic E-state index is 3.97. The van der Waals surface area contributed by atoms with Crippen molar-refractivity contribution in [1.82, 2.24) is 25.0 Å². The fourth-order valence-electron chi connectivity index (χ4n) is 0.876. The molecule has 0 aromatic carbocycles. The zero-order valence-corrected chi connectivity index (χ0v) is 7.61. The molecule has 7 heteroatoms. The zero-order chi connectivity index (χ0) is 8.93. The van der Waals surface area contributed by atoms with Crippen molar-refractivity contribution in [3.8, 4) is 0 Å². The summed E-state index contributed by atoms with van der Waals surface area (Å²) in [5.74, 6) is 0. The molecule has 0 saturated carbocycles. The van der Waals surface area contributed by atoms with E-state index in [0.717, 1.165) is 18.2 Å². The largest absolute Gasteiger partial charge is 0.358 e. The molecule has 2 rings (SSSR count). The molecule has 2 aromatic heterocycles. The summed E-state index contributed by atoms with van der Waals surface area (Å²) < 4.78 is 1.76. The van der Waals surface area contributed by atoms with E-state index in [1.807, 2.05) is 0 Å². The molecule has 0 radical (unpaired) electrons. The van der Waals surface area contributed by atoms with E-state index in [1.165, 1.54) is 17.7 Å². The first-order valence-corrected chi connectivity index (χ1v) is 4.65. The van der Waals surface area contributed by atoms with Gasteiger partial charge in [-0.25, -0.2) is 4.98 Å². The van der Waals surface area contributed by atoms with Gasteiger partial charge < -0.3 is 5.32 Å². The number of anilines is 1. The second-order valence-electron chi connectivity index (χ2n) is 2.33. The van der Waals surface area contributed by atoms with Gasteiger partial charge in [0.1, 0.15) is 18.2 Å². The van der Waals surface area contributed by atoms with Gasteiger partial charge in [-0.15, -0.1) is 10.2 Å². The van der Waals surface area contributed by atoms with E-state index >= 15 is 0 Å². The van der Waals surface area contributed by atoms with Gasteiger partial charge in [0.05, 0.1) is 6.54 Å². The molecule has 0 aliphatic rings. The highest BCUT2D eigenvalue weighted by atomic mass is 32.1. The van der Waals surface area contributed by atoms with Crippen LogP contribution < -0.4 is 5.32 Å². The molecular formula is C6H8N6S. The van der Waals surface area contributed by atoms with Gasteiger partial charge in [-0.1, -0.05) is 11.3 Å². The van der Waals surface area contributed by atoms with Crippen molar-refractivity contribution in [2.24, 2.45) is 0 Å². The minimum Gasteiger partial charge on any atom is -0.358 e. The van der Waals surface area contributed by atoms with Gasteiger partial charge in [-0.2, -0.15) is 5.10 Å². The van der Waals surface area contributed by atoms with Crippen LogP contribution in [0.2, 0.25) is 0 Å². The predicted molar refractivity (Wildman–Crippen MR) is 48.4 cm³/mol. The number of hydrogen-bond donors (Lipinski definition) is 1. The van der Waals surface area contributed by atoms with Crippen LogP contribution in [0.1, 0.15) is 0 Å². The summed E-state index contributed by atoms with van der Waals surface area (Å²) in [6, 6.07) is 0. The highest BCUT2D eigenvalue weighted by molar-refractivity contribution is 7.13. The molecule has 2 heterocycles.